The van der Waals surface area contributed by atoms with Crippen molar-refractivity contribution in [3.05, 3.63) is 17.3 Å². The molecule has 5 heteroatoms. The summed E-state index contributed by atoms with van der Waals surface area (Å²) in [5.74, 6) is -0.450. The second-order valence-corrected chi connectivity index (χ2v) is 2.87. The summed E-state index contributed by atoms with van der Waals surface area (Å²) in [6.07, 6.45) is 0.908. The fourth-order valence-corrected chi connectivity index (χ4v) is 1.02. The molecule has 0 saturated heterocycles. The maximum absolute atomic E-state index is 10.6. The zero-order chi connectivity index (χ0) is 10.6. The maximum atomic E-state index is 10.6. The summed E-state index contributed by atoms with van der Waals surface area (Å²) in [6, 6.07) is 0. The van der Waals surface area contributed by atoms with Crippen molar-refractivity contribution >= 4 is 5.97 Å². The Morgan fingerprint density at radius 1 is 1.64 bits per heavy atom. The van der Waals surface area contributed by atoms with E-state index in [0.29, 0.717) is 18.3 Å². The molecule has 0 aliphatic heterocycles. The van der Waals surface area contributed by atoms with Gasteiger partial charge in [-0.15, -0.1) is 0 Å². The molecule has 0 aliphatic rings. The standard InChI is InChI=1S/C9H13NO4/c1-3-4-13-5-7-10-8(9(11)12)6(2)14-7/h3-5H2,1-2H3,(H,11,12). The number of aromatic nitrogens is 1. The Kier molecular flexibility index (Phi) is 3.64. The largest absolute Gasteiger partial charge is 0.476 e. The molecule has 5 nitrogen and oxygen atoms in total. The van der Waals surface area contributed by atoms with Crippen molar-refractivity contribution < 1.29 is 19.1 Å². The predicted octanol–water partition coefficient (Wildman–Crippen LogP) is 1.61. The van der Waals surface area contributed by atoms with Gasteiger partial charge in [-0.1, -0.05) is 6.92 Å². The van der Waals surface area contributed by atoms with E-state index in [9.17, 15) is 4.79 Å². The van der Waals surface area contributed by atoms with Crippen LogP contribution in [0.1, 0.15) is 35.5 Å². The van der Waals surface area contributed by atoms with Gasteiger partial charge in [0.1, 0.15) is 12.4 Å². The fourth-order valence-electron chi connectivity index (χ4n) is 1.02. The van der Waals surface area contributed by atoms with Crippen molar-refractivity contribution in [1.29, 1.82) is 0 Å². The molecule has 1 aromatic rings. The molecule has 1 heterocycles. The molecular weight excluding hydrogens is 186 g/mol. The summed E-state index contributed by atoms with van der Waals surface area (Å²) in [4.78, 5) is 14.4. The summed E-state index contributed by atoms with van der Waals surface area (Å²) < 4.78 is 10.3. The zero-order valence-corrected chi connectivity index (χ0v) is 8.24. The third-order valence-corrected chi connectivity index (χ3v) is 1.62. The van der Waals surface area contributed by atoms with E-state index in [4.69, 9.17) is 14.3 Å². The SMILES string of the molecule is CCCOCc1nc(C(=O)O)c(C)o1. The number of ether oxygens (including phenoxy) is 1. The van der Waals surface area contributed by atoms with Crippen molar-refractivity contribution in [2.24, 2.45) is 0 Å². The van der Waals surface area contributed by atoms with E-state index in [2.05, 4.69) is 4.98 Å². The van der Waals surface area contributed by atoms with Crippen LogP contribution < -0.4 is 0 Å². The van der Waals surface area contributed by atoms with Gasteiger partial charge in [-0.25, -0.2) is 9.78 Å². The molecule has 0 atom stereocenters. The quantitative estimate of drug-likeness (QED) is 0.729. The first kappa shape index (κ1) is 10.7. The number of aryl methyl sites for hydroxylation is 1. The number of carboxylic acids is 1. The van der Waals surface area contributed by atoms with Gasteiger partial charge in [-0.2, -0.15) is 0 Å². The second kappa shape index (κ2) is 4.76. The monoisotopic (exact) mass is 199 g/mol. The summed E-state index contributed by atoms with van der Waals surface area (Å²) in [6.45, 7) is 4.40. The van der Waals surface area contributed by atoms with E-state index in [1.165, 1.54) is 0 Å². The number of hydrogen-bond acceptors (Lipinski definition) is 4. The van der Waals surface area contributed by atoms with Gasteiger partial charge < -0.3 is 14.3 Å². The Hall–Kier alpha value is -1.36. The number of oxazole rings is 1. The Balaban J connectivity index is 2.62. The fraction of sp³-hybridized carbons (Fsp3) is 0.556. The molecule has 0 aromatic carbocycles. The van der Waals surface area contributed by atoms with Gasteiger partial charge in [0, 0.05) is 6.61 Å². The van der Waals surface area contributed by atoms with E-state index in [-0.39, 0.29) is 12.3 Å². The molecule has 78 valence electrons. The number of carbonyl (C=O) groups is 1. The molecule has 0 unspecified atom stereocenters. The Labute approximate surface area is 81.7 Å². The van der Waals surface area contributed by atoms with Crippen LogP contribution in [0.3, 0.4) is 0 Å². The molecule has 14 heavy (non-hydrogen) atoms. The van der Waals surface area contributed by atoms with Gasteiger partial charge in [0.2, 0.25) is 5.89 Å². The average molecular weight is 199 g/mol. The highest BCUT2D eigenvalue weighted by Crippen LogP contribution is 2.10. The lowest BCUT2D eigenvalue weighted by atomic mass is 10.4. The minimum atomic E-state index is -1.08. The number of carboxylic acid groups (broad SMARTS) is 1. The average Bonchev–Trinajstić information content (AvgIpc) is 2.47. The highest BCUT2D eigenvalue weighted by Gasteiger charge is 2.15. The van der Waals surface area contributed by atoms with Gasteiger partial charge in [0.25, 0.3) is 0 Å². The lowest BCUT2D eigenvalue weighted by molar-refractivity contribution is 0.0689. The Morgan fingerprint density at radius 3 is 2.86 bits per heavy atom. The maximum Gasteiger partial charge on any atom is 0.358 e. The molecule has 0 amide bonds. The summed E-state index contributed by atoms with van der Waals surface area (Å²) in [5, 5.41) is 8.69. The molecule has 0 bridgehead atoms. The molecular formula is C9H13NO4. The minimum Gasteiger partial charge on any atom is -0.476 e. The van der Waals surface area contributed by atoms with Crippen molar-refractivity contribution in [2.45, 2.75) is 26.9 Å². The van der Waals surface area contributed by atoms with Gasteiger partial charge in [0.05, 0.1) is 0 Å². The van der Waals surface area contributed by atoms with Crippen LogP contribution >= 0.6 is 0 Å². The number of nitrogens with zero attached hydrogens (tertiary/aromatic N) is 1. The topological polar surface area (TPSA) is 72.6 Å². The molecule has 0 saturated carbocycles. The van der Waals surface area contributed by atoms with E-state index in [1.807, 2.05) is 6.92 Å². The molecule has 1 rings (SSSR count). The summed E-state index contributed by atoms with van der Waals surface area (Å²) in [5.41, 5.74) is -0.0416. The molecule has 0 fully saturated rings. The normalized spacial score (nSPS) is 10.4. The van der Waals surface area contributed by atoms with Crippen LogP contribution in [0.2, 0.25) is 0 Å². The van der Waals surface area contributed by atoms with Crippen LogP contribution in [0.25, 0.3) is 0 Å². The lowest BCUT2D eigenvalue weighted by Crippen LogP contribution is -1.99. The Bertz CT molecular complexity index is 319. The van der Waals surface area contributed by atoms with E-state index >= 15 is 0 Å². The van der Waals surface area contributed by atoms with E-state index < -0.39 is 5.97 Å². The van der Waals surface area contributed by atoms with Crippen LogP contribution in [0.5, 0.6) is 0 Å². The first-order valence-corrected chi connectivity index (χ1v) is 4.42. The van der Waals surface area contributed by atoms with Gasteiger partial charge in [-0.05, 0) is 13.3 Å². The van der Waals surface area contributed by atoms with Crippen LogP contribution in [-0.2, 0) is 11.3 Å². The van der Waals surface area contributed by atoms with Crippen LogP contribution in [0.4, 0.5) is 0 Å². The molecule has 1 aromatic heterocycles. The molecule has 0 radical (unpaired) electrons. The highest BCUT2D eigenvalue weighted by atomic mass is 16.5. The zero-order valence-electron chi connectivity index (χ0n) is 8.24. The lowest BCUT2D eigenvalue weighted by Gasteiger charge is -1.96. The third-order valence-electron chi connectivity index (χ3n) is 1.62. The molecule has 0 spiro atoms. The first-order valence-electron chi connectivity index (χ1n) is 4.42. The Morgan fingerprint density at radius 2 is 2.36 bits per heavy atom. The number of rotatable bonds is 5. The van der Waals surface area contributed by atoms with Gasteiger partial charge in [0.15, 0.2) is 5.69 Å². The van der Waals surface area contributed by atoms with Crippen molar-refractivity contribution in [3.8, 4) is 0 Å². The number of aromatic carboxylic acids is 1. The minimum absolute atomic E-state index is 0.0416. The molecule has 1 N–H and O–H groups in total. The van der Waals surface area contributed by atoms with Crippen LogP contribution in [0.15, 0.2) is 4.42 Å². The molecule has 0 aliphatic carbocycles. The van der Waals surface area contributed by atoms with Crippen molar-refractivity contribution in [1.82, 2.24) is 4.98 Å². The summed E-state index contributed by atoms with van der Waals surface area (Å²) in [7, 11) is 0. The smallest absolute Gasteiger partial charge is 0.358 e. The van der Waals surface area contributed by atoms with E-state index in [1.54, 1.807) is 6.92 Å². The van der Waals surface area contributed by atoms with Crippen LogP contribution in [0, 0.1) is 6.92 Å². The predicted molar refractivity (Wildman–Crippen MR) is 48.1 cm³/mol. The van der Waals surface area contributed by atoms with Gasteiger partial charge in [-0.3, -0.25) is 0 Å². The second-order valence-electron chi connectivity index (χ2n) is 2.87. The van der Waals surface area contributed by atoms with E-state index in [0.717, 1.165) is 6.42 Å². The summed E-state index contributed by atoms with van der Waals surface area (Å²) >= 11 is 0. The third kappa shape index (κ3) is 2.56. The highest BCUT2D eigenvalue weighted by molar-refractivity contribution is 5.86. The van der Waals surface area contributed by atoms with Crippen LogP contribution in [-0.4, -0.2) is 22.7 Å². The van der Waals surface area contributed by atoms with Crippen molar-refractivity contribution in [2.75, 3.05) is 6.61 Å². The van der Waals surface area contributed by atoms with Crippen molar-refractivity contribution in [3.63, 3.8) is 0 Å². The van der Waals surface area contributed by atoms with Gasteiger partial charge >= 0.3 is 5.97 Å². The number of hydrogen-bond donors (Lipinski definition) is 1. The first-order chi connectivity index (χ1) is 6.65.